The lowest BCUT2D eigenvalue weighted by molar-refractivity contribution is -0.121. The number of nitrogens with zero attached hydrogens (tertiary/aromatic N) is 2. The molecule has 7 rings (SSSR count). The number of para-hydroxylation sites is 2. The van der Waals surface area contributed by atoms with Crippen LogP contribution in [0.25, 0.3) is 28.6 Å². The number of fused-ring (bicyclic) bond motifs is 1. The van der Waals surface area contributed by atoms with Gasteiger partial charge in [0.1, 0.15) is 17.0 Å². The minimum absolute atomic E-state index is 0.0348. The van der Waals surface area contributed by atoms with Gasteiger partial charge in [-0.3, -0.25) is 19.2 Å². The summed E-state index contributed by atoms with van der Waals surface area (Å²) in [6.45, 7) is 0. The van der Waals surface area contributed by atoms with Crippen molar-refractivity contribution in [3.05, 3.63) is 144 Å². The standard InChI is InChI=1S/C40H30N4O6S/c1-49-30-11-7-8-25(22-30)23-33(42-37(46)26-9-3-2-4-10-26)38(47)41-28-16-20-31(21-17-28)51-35-24-36(45)44(40(35)48)29-18-14-27(15-19-29)39-43-32-12-5-6-13-34(32)50-39/h2-23,35H,24H2,1H3,(H,41,47)(H,42,46)/b33-23-. The molecule has 252 valence electrons. The van der Waals surface area contributed by atoms with E-state index in [9.17, 15) is 19.2 Å². The van der Waals surface area contributed by atoms with Crippen molar-refractivity contribution in [1.82, 2.24) is 10.3 Å². The van der Waals surface area contributed by atoms with Crippen LogP contribution in [0.15, 0.2) is 142 Å². The molecule has 10 nitrogen and oxygen atoms in total. The summed E-state index contributed by atoms with van der Waals surface area (Å²) in [5.74, 6) is -0.503. The number of aromatic nitrogens is 1. The summed E-state index contributed by atoms with van der Waals surface area (Å²) in [7, 11) is 1.55. The molecule has 11 heteroatoms. The minimum atomic E-state index is -0.611. The monoisotopic (exact) mass is 694 g/mol. The smallest absolute Gasteiger partial charge is 0.272 e. The molecule has 1 fully saturated rings. The first-order valence-corrected chi connectivity index (χ1v) is 16.9. The largest absolute Gasteiger partial charge is 0.497 e. The first kappa shape index (κ1) is 33.1. The van der Waals surface area contributed by atoms with Gasteiger partial charge >= 0.3 is 0 Å². The van der Waals surface area contributed by atoms with Crippen molar-refractivity contribution in [1.29, 1.82) is 0 Å². The molecule has 2 heterocycles. The van der Waals surface area contributed by atoms with Crippen molar-refractivity contribution >= 4 is 63.9 Å². The zero-order valence-electron chi connectivity index (χ0n) is 27.2. The molecule has 51 heavy (non-hydrogen) atoms. The molecular weight excluding hydrogens is 665 g/mol. The lowest BCUT2D eigenvalue weighted by atomic mass is 10.1. The number of methoxy groups -OCH3 is 1. The second-order valence-electron chi connectivity index (χ2n) is 11.5. The topological polar surface area (TPSA) is 131 Å². The van der Waals surface area contributed by atoms with Crippen molar-refractivity contribution in [2.75, 3.05) is 17.3 Å². The van der Waals surface area contributed by atoms with Gasteiger partial charge in [-0.1, -0.05) is 42.5 Å². The second-order valence-corrected chi connectivity index (χ2v) is 12.8. The lowest BCUT2D eigenvalue weighted by Crippen LogP contribution is -2.31. The number of thioether (sulfide) groups is 1. The van der Waals surface area contributed by atoms with Gasteiger partial charge in [-0.05, 0) is 96.6 Å². The summed E-state index contributed by atoms with van der Waals surface area (Å²) in [6.07, 6.45) is 1.62. The number of nitrogens with one attached hydrogen (secondary N) is 2. The lowest BCUT2D eigenvalue weighted by Gasteiger charge is -2.15. The molecule has 6 aromatic rings. The summed E-state index contributed by atoms with van der Waals surface area (Å²) in [5, 5.41) is 4.95. The Bertz CT molecular complexity index is 2250. The van der Waals surface area contributed by atoms with Crippen LogP contribution in [-0.2, 0) is 14.4 Å². The highest BCUT2D eigenvalue weighted by atomic mass is 32.2. The fraction of sp³-hybridized carbons (Fsp3) is 0.0750. The molecule has 1 atom stereocenters. The average molecular weight is 695 g/mol. The van der Waals surface area contributed by atoms with E-state index in [-0.39, 0.29) is 23.9 Å². The van der Waals surface area contributed by atoms with Gasteiger partial charge in [-0.15, -0.1) is 11.8 Å². The zero-order chi connectivity index (χ0) is 35.3. The van der Waals surface area contributed by atoms with Gasteiger partial charge in [0.15, 0.2) is 5.58 Å². The van der Waals surface area contributed by atoms with Crippen LogP contribution in [0.4, 0.5) is 11.4 Å². The van der Waals surface area contributed by atoms with Crippen molar-refractivity contribution in [2.45, 2.75) is 16.6 Å². The number of carbonyl (C=O) groups is 4. The number of oxazole rings is 1. The van der Waals surface area contributed by atoms with E-state index in [0.29, 0.717) is 39.7 Å². The molecule has 1 aromatic heterocycles. The van der Waals surface area contributed by atoms with Gasteiger partial charge in [-0.2, -0.15) is 0 Å². The number of carbonyl (C=O) groups excluding carboxylic acids is 4. The van der Waals surface area contributed by atoms with Crippen LogP contribution in [0.2, 0.25) is 0 Å². The second kappa shape index (κ2) is 14.6. The van der Waals surface area contributed by atoms with Crippen LogP contribution in [0.5, 0.6) is 5.75 Å². The van der Waals surface area contributed by atoms with E-state index in [1.165, 1.54) is 16.7 Å². The van der Waals surface area contributed by atoms with Crippen molar-refractivity contribution in [3.63, 3.8) is 0 Å². The van der Waals surface area contributed by atoms with E-state index >= 15 is 0 Å². The molecule has 1 saturated heterocycles. The van der Waals surface area contributed by atoms with Gasteiger partial charge < -0.3 is 19.8 Å². The average Bonchev–Trinajstić information content (AvgIpc) is 3.72. The molecule has 1 aliphatic heterocycles. The van der Waals surface area contributed by atoms with Gasteiger partial charge in [0, 0.05) is 28.1 Å². The maximum atomic E-state index is 13.5. The Morgan fingerprint density at radius 2 is 1.63 bits per heavy atom. The molecule has 0 saturated carbocycles. The molecule has 0 aliphatic carbocycles. The highest BCUT2D eigenvalue weighted by Crippen LogP contribution is 2.35. The number of imide groups is 1. The summed E-state index contributed by atoms with van der Waals surface area (Å²) in [5.41, 5.74) is 4.20. The predicted octanol–water partition coefficient (Wildman–Crippen LogP) is 7.34. The Morgan fingerprint density at radius 1 is 0.882 bits per heavy atom. The molecule has 1 unspecified atom stereocenters. The molecule has 4 amide bonds. The van der Waals surface area contributed by atoms with E-state index in [1.54, 1.807) is 116 Å². The summed E-state index contributed by atoms with van der Waals surface area (Å²) in [6, 6.07) is 37.1. The Morgan fingerprint density at radius 3 is 2.37 bits per heavy atom. The van der Waals surface area contributed by atoms with Gasteiger partial charge in [-0.25, -0.2) is 9.88 Å². The number of ether oxygens (including phenoxy) is 1. The Hall–Kier alpha value is -6.46. The molecule has 0 radical (unpaired) electrons. The van der Waals surface area contributed by atoms with E-state index in [1.807, 2.05) is 24.3 Å². The molecule has 0 spiro atoms. The maximum absolute atomic E-state index is 13.5. The number of hydrogen-bond donors (Lipinski definition) is 2. The number of hydrogen-bond acceptors (Lipinski definition) is 8. The molecule has 1 aliphatic rings. The fourth-order valence-electron chi connectivity index (χ4n) is 5.54. The highest BCUT2D eigenvalue weighted by Gasteiger charge is 2.40. The van der Waals surface area contributed by atoms with Crippen molar-refractivity contribution in [3.8, 4) is 17.2 Å². The van der Waals surface area contributed by atoms with E-state index in [2.05, 4.69) is 15.6 Å². The van der Waals surface area contributed by atoms with Gasteiger partial charge in [0.05, 0.1) is 18.0 Å². The minimum Gasteiger partial charge on any atom is -0.497 e. The summed E-state index contributed by atoms with van der Waals surface area (Å²) < 4.78 is 11.1. The third-order valence-corrected chi connectivity index (χ3v) is 9.29. The summed E-state index contributed by atoms with van der Waals surface area (Å²) >= 11 is 1.28. The van der Waals surface area contributed by atoms with Crippen LogP contribution in [0.1, 0.15) is 22.3 Å². The Balaban J connectivity index is 1.01. The maximum Gasteiger partial charge on any atom is 0.272 e. The van der Waals surface area contributed by atoms with Gasteiger partial charge in [0.2, 0.25) is 17.7 Å². The molecule has 5 aromatic carbocycles. The van der Waals surface area contributed by atoms with E-state index < -0.39 is 17.1 Å². The van der Waals surface area contributed by atoms with Crippen LogP contribution in [-0.4, -0.2) is 41.0 Å². The molecule has 2 N–H and O–H groups in total. The first-order chi connectivity index (χ1) is 24.8. The predicted molar refractivity (Wildman–Crippen MR) is 196 cm³/mol. The third-order valence-electron chi connectivity index (χ3n) is 8.10. The van der Waals surface area contributed by atoms with Crippen LogP contribution < -0.4 is 20.3 Å². The van der Waals surface area contributed by atoms with E-state index in [4.69, 9.17) is 9.15 Å². The molecule has 0 bridgehead atoms. The number of rotatable bonds is 10. The Kier molecular flexibility index (Phi) is 9.44. The summed E-state index contributed by atoms with van der Waals surface area (Å²) in [4.78, 5) is 59.3. The SMILES string of the molecule is COc1cccc(/C=C(\NC(=O)c2ccccc2)C(=O)Nc2ccc(SC3CC(=O)N(c4ccc(-c5nc6ccccc6o5)cc4)C3=O)cc2)c1. The van der Waals surface area contributed by atoms with Crippen LogP contribution in [0.3, 0.4) is 0 Å². The quantitative estimate of drug-likeness (QED) is 0.113. The Labute approximate surface area is 297 Å². The molecular formula is C40H30N4O6S. The van der Waals surface area contributed by atoms with Gasteiger partial charge in [0.25, 0.3) is 11.8 Å². The van der Waals surface area contributed by atoms with Crippen molar-refractivity contribution in [2.24, 2.45) is 0 Å². The van der Waals surface area contributed by atoms with Crippen LogP contribution in [0, 0.1) is 0 Å². The van der Waals surface area contributed by atoms with Crippen molar-refractivity contribution < 1.29 is 28.3 Å². The van der Waals surface area contributed by atoms with E-state index in [0.717, 1.165) is 16.0 Å². The van der Waals surface area contributed by atoms with Crippen LogP contribution >= 0.6 is 11.8 Å². The number of amides is 4. The number of benzene rings is 5. The zero-order valence-corrected chi connectivity index (χ0v) is 28.1. The number of anilines is 2. The normalized spacial score (nSPS) is 14.5. The third kappa shape index (κ3) is 7.43. The highest BCUT2D eigenvalue weighted by molar-refractivity contribution is 8.00. The first-order valence-electron chi connectivity index (χ1n) is 16.0. The fourth-order valence-corrected chi connectivity index (χ4v) is 6.59.